The van der Waals surface area contributed by atoms with Gasteiger partial charge in [-0.25, -0.2) is 0 Å². The van der Waals surface area contributed by atoms with E-state index in [4.69, 9.17) is 13.9 Å². The lowest BCUT2D eigenvalue weighted by molar-refractivity contribution is 0.0827. The van der Waals surface area contributed by atoms with Gasteiger partial charge in [0, 0.05) is 44.0 Å². The minimum absolute atomic E-state index is 0.0568. The number of hydrogen-bond acceptors (Lipinski definition) is 7. The highest BCUT2D eigenvalue weighted by Gasteiger charge is 2.20. The molecule has 2 aromatic heterocycles. The molecule has 4 aromatic rings. The number of nitrogens with zero attached hydrogens (tertiary/aromatic N) is 3. The Bertz CT molecular complexity index is 1500. The van der Waals surface area contributed by atoms with Gasteiger partial charge in [0.15, 0.2) is 5.58 Å². The van der Waals surface area contributed by atoms with Crippen LogP contribution in [0.1, 0.15) is 28.8 Å². The Hall–Kier alpha value is -4.35. The third-order valence-electron chi connectivity index (χ3n) is 6.49. The highest BCUT2D eigenvalue weighted by molar-refractivity contribution is 5.96. The summed E-state index contributed by atoms with van der Waals surface area (Å²) in [6.07, 6.45) is 3.80. The van der Waals surface area contributed by atoms with Gasteiger partial charge < -0.3 is 24.1 Å². The summed E-state index contributed by atoms with van der Waals surface area (Å²) < 4.78 is 18.0. The van der Waals surface area contributed by atoms with Crippen molar-refractivity contribution < 1.29 is 18.7 Å². The number of fused-ring (bicyclic) bond motifs is 1. The maximum absolute atomic E-state index is 12.4. The van der Waals surface area contributed by atoms with Gasteiger partial charge in [-0.2, -0.15) is 5.26 Å². The topological polar surface area (TPSA) is 101 Å². The van der Waals surface area contributed by atoms with E-state index in [1.54, 1.807) is 39.5 Å². The largest absolute Gasteiger partial charge is 0.496 e. The van der Waals surface area contributed by atoms with Crippen molar-refractivity contribution in [1.82, 2.24) is 15.2 Å². The van der Waals surface area contributed by atoms with Crippen LogP contribution in [0.5, 0.6) is 11.5 Å². The lowest BCUT2D eigenvalue weighted by Crippen LogP contribution is -2.37. The van der Waals surface area contributed by atoms with Gasteiger partial charge in [-0.15, -0.1) is 0 Å². The fourth-order valence-electron chi connectivity index (χ4n) is 4.57. The Balaban J connectivity index is 1.51. The maximum atomic E-state index is 12.4. The number of benzene rings is 2. The number of pyridine rings is 1. The zero-order valence-corrected chi connectivity index (χ0v) is 21.1. The Kier molecular flexibility index (Phi) is 6.80. The van der Waals surface area contributed by atoms with Gasteiger partial charge in [0.2, 0.25) is 0 Å². The quantitative estimate of drug-likeness (QED) is 0.406. The van der Waals surface area contributed by atoms with Crippen LogP contribution >= 0.6 is 0 Å². The SMILES string of the molecule is COc1cc(C(=O)N(C)C)ccc1-c1cc2nccc(-c3ccc(O[C@@H]4CCCNC4)c(C#N)c3)c2o1. The molecule has 1 aliphatic rings. The Labute approximate surface area is 215 Å². The number of amides is 1. The zero-order valence-electron chi connectivity index (χ0n) is 21.1. The predicted octanol–water partition coefficient (Wildman–Crippen LogP) is 4.87. The minimum atomic E-state index is -0.112. The van der Waals surface area contributed by atoms with Gasteiger partial charge in [0.1, 0.15) is 34.9 Å². The van der Waals surface area contributed by atoms with Crippen molar-refractivity contribution in [2.75, 3.05) is 34.3 Å². The van der Waals surface area contributed by atoms with E-state index in [9.17, 15) is 10.1 Å². The van der Waals surface area contributed by atoms with Crippen molar-refractivity contribution in [3.8, 4) is 40.0 Å². The summed E-state index contributed by atoms with van der Waals surface area (Å²) in [4.78, 5) is 18.4. The predicted molar refractivity (Wildman–Crippen MR) is 141 cm³/mol. The standard InChI is InChI=1S/C29H28N4O4/c1-33(2)29(34)19-6-8-23(26(14-19)35-3)27-15-24-28(37-27)22(10-12-32-24)18-7-9-25(20(13-18)16-30)36-21-5-4-11-31-17-21/h6-10,12-15,21,31H,4-5,11,17H2,1-3H3/t21-/m1/s1. The molecule has 0 radical (unpaired) electrons. The first-order valence-corrected chi connectivity index (χ1v) is 12.2. The van der Waals surface area contributed by atoms with Gasteiger partial charge >= 0.3 is 0 Å². The molecule has 1 fully saturated rings. The van der Waals surface area contributed by atoms with E-state index in [1.807, 2.05) is 36.4 Å². The van der Waals surface area contributed by atoms with E-state index in [0.717, 1.165) is 37.1 Å². The molecular formula is C29H28N4O4. The van der Waals surface area contributed by atoms with Crippen LogP contribution in [0.25, 0.3) is 33.6 Å². The third-order valence-corrected chi connectivity index (χ3v) is 6.49. The lowest BCUT2D eigenvalue weighted by atomic mass is 10.0. The Morgan fingerprint density at radius 2 is 2.00 bits per heavy atom. The minimum Gasteiger partial charge on any atom is -0.496 e. The molecule has 2 aromatic carbocycles. The number of nitrogens with one attached hydrogen (secondary N) is 1. The van der Waals surface area contributed by atoms with E-state index in [2.05, 4.69) is 16.4 Å². The molecule has 1 amide bonds. The normalized spacial score (nSPS) is 15.2. The number of nitriles is 1. The van der Waals surface area contributed by atoms with Crippen LogP contribution in [-0.4, -0.2) is 56.2 Å². The summed E-state index contributed by atoms with van der Waals surface area (Å²) in [6, 6.07) is 16.9. The van der Waals surface area contributed by atoms with E-state index < -0.39 is 0 Å². The van der Waals surface area contributed by atoms with Crippen LogP contribution in [-0.2, 0) is 0 Å². The summed E-state index contributed by atoms with van der Waals surface area (Å²) in [5.74, 6) is 1.57. The molecule has 0 aliphatic carbocycles. The summed E-state index contributed by atoms with van der Waals surface area (Å²) >= 11 is 0. The number of aromatic nitrogens is 1. The summed E-state index contributed by atoms with van der Waals surface area (Å²) in [5, 5.41) is 13.1. The monoisotopic (exact) mass is 496 g/mol. The van der Waals surface area contributed by atoms with E-state index in [0.29, 0.717) is 45.0 Å². The number of rotatable bonds is 6. The van der Waals surface area contributed by atoms with Crippen molar-refractivity contribution in [2.24, 2.45) is 0 Å². The molecule has 1 N–H and O–H groups in total. The highest BCUT2D eigenvalue weighted by atomic mass is 16.5. The number of hydrogen-bond donors (Lipinski definition) is 1. The number of carbonyl (C=O) groups is 1. The molecule has 0 saturated carbocycles. The number of ether oxygens (including phenoxy) is 2. The fraction of sp³-hybridized carbons (Fsp3) is 0.276. The van der Waals surface area contributed by atoms with Crippen LogP contribution in [0.2, 0.25) is 0 Å². The van der Waals surface area contributed by atoms with Gasteiger partial charge in [-0.1, -0.05) is 6.07 Å². The summed E-state index contributed by atoms with van der Waals surface area (Å²) in [6.45, 7) is 1.78. The van der Waals surface area contributed by atoms with Crippen LogP contribution in [0.15, 0.2) is 59.1 Å². The van der Waals surface area contributed by atoms with E-state index in [-0.39, 0.29) is 12.0 Å². The van der Waals surface area contributed by atoms with Crippen molar-refractivity contribution >= 4 is 17.0 Å². The first-order valence-electron chi connectivity index (χ1n) is 12.2. The smallest absolute Gasteiger partial charge is 0.253 e. The van der Waals surface area contributed by atoms with E-state index in [1.165, 1.54) is 4.90 Å². The first kappa shape index (κ1) is 24.3. The first-order chi connectivity index (χ1) is 18.0. The molecule has 3 heterocycles. The van der Waals surface area contributed by atoms with Crippen molar-refractivity contribution in [3.63, 3.8) is 0 Å². The highest BCUT2D eigenvalue weighted by Crippen LogP contribution is 2.38. The van der Waals surface area contributed by atoms with Gasteiger partial charge in [-0.3, -0.25) is 9.78 Å². The van der Waals surface area contributed by atoms with Crippen molar-refractivity contribution in [3.05, 3.63) is 65.9 Å². The zero-order chi connectivity index (χ0) is 25.9. The molecule has 0 unspecified atom stereocenters. The molecular weight excluding hydrogens is 468 g/mol. The van der Waals surface area contributed by atoms with Gasteiger partial charge in [0.25, 0.3) is 5.91 Å². The molecule has 1 saturated heterocycles. The molecule has 1 aliphatic heterocycles. The molecule has 8 nitrogen and oxygen atoms in total. The lowest BCUT2D eigenvalue weighted by Gasteiger charge is -2.24. The number of furan rings is 1. The van der Waals surface area contributed by atoms with E-state index >= 15 is 0 Å². The third kappa shape index (κ3) is 4.86. The van der Waals surface area contributed by atoms with Crippen LogP contribution in [0.3, 0.4) is 0 Å². The molecule has 0 bridgehead atoms. The van der Waals surface area contributed by atoms with Crippen LogP contribution < -0.4 is 14.8 Å². The van der Waals surface area contributed by atoms with Crippen molar-refractivity contribution in [2.45, 2.75) is 18.9 Å². The van der Waals surface area contributed by atoms with Crippen molar-refractivity contribution in [1.29, 1.82) is 5.26 Å². The Morgan fingerprint density at radius 1 is 1.14 bits per heavy atom. The number of piperidine rings is 1. The van der Waals surface area contributed by atoms with Gasteiger partial charge in [0.05, 0.1) is 18.2 Å². The molecule has 188 valence electrons. The molecule has 37 heavy (non-hydrogen) atoms. The van der Waals surface area contributed by atoms with Crippen LogP contribution in [0, 0.1) is 11.3 Å². The second-order valence-corrected chi connectivity index (χ2v) is 9.21. The van der Waals surface area contributed by atoms with Gasteiger partial charge in [-0.05, 0) is 61.3 Å². The summed E-state index contributed by atoms with van der Waals surface area (Å²) in [5.41, 5.74) is 4.63. The Morgan fingerprint density at radius 3 is 2.73 bits per heavy atom. The second kappa shape index (κ2) is 10.3. The number of methoxy groups -OCH3 is 1. The maximum Gasteiger partial charge on any atom is 0.253 e. The molecule has 0 spiro atoms. The van der Waals surface area contributed by atoms with Crippen LogP contribution in [0.4, 0.5) is 0 Å². The average molecular weight is 497 g/mol. The number of carbonyl (C=O) groups excluding carboxylic acids is 1. The fourth-order valence-corrected chi connectivity index (χ4v) is 4.57. The second-order valence-electron chi connectivity index (χ2n) is 9.21. The average Bonchev–Trinajstić information content (AvgIpc) is 3.37. The molecule has 1 atom stereocenters. The summed E-state index contributed by atoms with van der Waals surface area (Å²) in [7, 11) is 4.98. The molecule has 8 heteroatoms. The molecule has 5 rings (SSSR count).